The van der Waals surface area contributed by atoms with Crippen LogP contribution >= 0.6 is 0 Å². The molecule has 0 radical (unpaired) electrons. The van der Waals surface area contributed by atoms with Crippen molar-refractivity contribution < 1.29 is 14.4 Å². The van der Waals surface area contributed by atoms with Crippen molar-refractivity contribution in [1.82, 2.24) is 15.4 Å². The van der Waals surface area contributed by atoms with E-state index in [0.29, 0.717) is 5.56 Å². The summed E-state index contributed by atoms with van der Waals surface area (Å²) in [7, 11) is 0. The molecule has 3 amide bonds. The summed E-state index contributed by atoms with van der Waals surface area (Å²) in [5, 5.41) is 0.900. The molecule has 1 saturated carbocycles. The van der Waals surface area contributed by atoms with Crippen LogP contribution < -0.4 is 5.43 Å². The molecule has 21 heavy (non-hydrogen) atoms. The Morgan fingerprint density at radius 3 is 2.43 bits per heavy atom. The lowest BCUT2D eigenvalue weighted by molar-refractivity contribution is -0.143. The lowest BCUT2D eigenvalue weighted by Gasteiger charge is -2.17. The lowest BCUT2D eigenvalue weighted by Crippen LogP contribution is -2.47. The summed E-state index contributed by atoms with van der Waals surface area (Å²) in [6.45, 7) is 0. The molecule has 2 fully saturated rings. The minimum absolute atomic E-state index is 0.136. The van der Waals surface area contributed by atoms with E-state index in [1.165, 1.54) is 6.20 Å². The number of nitrogens with zero attached hydrogens (tertiary/aromatic N) is 2. The number of hydrazine groups is 1. The van der Waals surface area contributed by atoms with Gasteiger partial charge in [0.05, 0.1) is 17.4 Å². The SMILES string of the molecule is O=C(NN1C(=O)[C@H]2[C@H](C1=O)[C@H]1C=C[C@@H]2C1)c1cccnc1. The second-order valence-electron chi connectivity index (χ2n) is 5.69. The van der Waals surface area contributed by atoms with Crippen LogP contribution in [0.25, 0.3) is 0 Å². The molecular formula is C15H13N3O3. The average Bonchev–Trinajstić information content (AvgIpc) is 3.18. The number of imide groups is 1. The molecule has 4 rings (SSSR count). The van der Waals surface area contributed by atoms with Gasteiger partial charge in [0.15, 0.2) is 0 Å². The van der Waals surface area contributed by atoms with E-state index in [9.17, 15) is 14.4 Å². The Morgan fingerprint density at radius 1 is 1.19 bits per heavy atom. The summed E-state index contributed by atoms with van der Waals surface area (Å²) >= 11 is 0. The number of amides is 3. The molecule has 0 spiro atoms. The van der Waals surface area contributed by atoms with Crippen molar-refractivity contribution in [3.05, 3.63) is 42.2 Å². The zero-order chi connectivity index (χ0) is 14.6. The van der Waals surface area contributed by atoms with E-state index in [0.717, 1.165) is 11.4 Å². The van der Waals surface area contributed by atoms with E-state index >= 15 is 0 Å². The molecule has 1 aromatic heterocycles. The molecule has 2 bridgehead atoms. The summed E-state index contributed by atoms with van der Waals surface area (Å²) in [4.78, 5) is 40.7. The van der Waals surface area contributed by atoms with Crippen molar-refractivity contribution >= 4 is 17.7 Å². The van der Waals surface area contributed by atoms with Gasteiger partial charge in [-0.15, -0.1) is 0 Å². The molecule has 1 saturated heterocycles. The predicted molar refractivity (Wildman–Crippen MR) is 71.3 cm³/mol. The Morgan fingerprint density at radius 2 is 1.86 bits per heavy atom. The average molecular weight is 283 g/mol. The van der Waals surface area contributed by atoms with Gasteiger partial charge in [0, 0.05) is 12.4 Å². The number of rotatable bonds is 2. The van der Waals surface area contributed by atoms with Crippen LogP contribution in [-0.4, -0.2) is 27.7 Å². The summed E-state index contributed by atoms with van der Waals surface area (Å²) in [5.41, 5.74) is 2.74. The number of pyridine rings is 1. The zero-order valence-corrected chi connectivity index (χ0v) is 11.1. The van der Waals surface area contributed by atoms with Crippen LogP contribution in [0.5, 0.6) is 0 Å². The van der Waals surface area contributed by atoms with Crippen LogP contribution in [0.1, 0.15) is 16.8 Å². The summed E-state index contributed by atoms with van der Waals surface area (Å²) < 4.78 is 0. The fourth-order valence-electron chi connectivity index (χ4n) is 3.68. The summed E-state index contributed by atoms with van der Waals surface area (Å²) in [6.07, 6.45) is 7.85. The van der Waals surface area contributed by atoms with Gasteiger partial charge < -0.3 is 0 Å². The van der Waals surface area contributed by atoms with E-state index in [1.54, 1.807) is 18.3 Å². The highest BCUT2D eigenvalue weighted by Crippen LogP contribution is 2.52. The van der Waals surface area contributed by atoms with Gasteiger partial charge in [0.2, 0.25) is 0 Å². The molecule has 3 aliphatic rings. The number of nitrogens with one attached hydrogen (secondary N) is 1. The van der Waals surface area contributed by atoms with Crippen molar-refractivity contribution in [2.45, 2.75) is 6.42 Å². The number of aromatic nitrogens is 1. The van der Waals surface area contributed by atoms with Crippen molar-refractivity contribution in [2.75, 3.05) is 0 Å². The molecule has 106 valence electrons. The van der Waals surface area contributed by atoms with Gasteiger partial charge in [-0.3, -0.25) is 24.8 Å². The first-order valence-electron chi connectivity index (χ1n) is 6.94. The van der Waals surface area contributed by atoms with E-state index in [-0.39, 0.29) is 35.5 Å². The van der Waals surface area contributed by atoms with Gasteiger partial charge in [0.1, 0.15) is 0 Å². The molecule has 1 aromatic rings. The van der Waals surface area contributed by atoms with Gasteiger partial charge in [-0.05, 0) is 30.4 Å². The third kappa shape index (κ3) is 1.65. The molecule has 6 nitrogen and oxygen atoms in total. The quantitative estimate of drug-likeness (QED) is 0.634. The Balaban J connectivity index is 1.56. The number of hydrogen-bond acceptors (Lipinski definition) is 4. The van der Waals surface area contributed by atoms with Crippen LogP contribution in [0, 0.1) is 23.7 Å². The summed E-state index contributed by atoms with van der Waals surface area (Å²) in [6, 6.07) is 3.21. The Hall–Kier alpha value is -2.50. The predicted octanol–water partition coefficient (Wildman–Crippen LogP) is 0.533. The number of fused-ring (bicyclic) bond motifs is 5. The van der Waals surface area contributed by atoms with E-state index in [2.05, 4.69) is 10.4 Å². The normalized spacial score (nSPS) is 32.7. The van der Waals surface area contributed by atoms with Crippen LogP contribution in [0.2, 0.25) is 0 Å². The molecular weight excluding hydrogens is 270 g/mol. The number of carbonyl (C=O) groups is 3. The van der Waals surface area contributed by atoms with Gasteiger partial charge >= 0.3 is 0 Å². The molecule has 4 atom stereocenters. The van der Waals surface area contributed by atoms with Crippen molar-refractivity contribution in [2.24, 2.45) is 23.7 Å². The smallest absolute Gasteiger partial charge is 0.271 e. The minimum atomic E-state index is -0.495. The zero-order valence-electron chi connectivity index (χ0n) is 11.1. The molecule has 0 aromatic carbocycles. The second-order valence-corrected chi connectivity index (χ2v) is 5.69. The Labute approximate surface area is 120 Å². The van der Waals surface area contributed by atoms with Crippen LogP contribution in [0.3, 0.4) is 0 Å². The molecule has 2 aliphatic carbocycles. The minimum Gasteiger partial charge on any atom is -0.272 e. The maximum atomic E-state index is 12.4. The van der Waals surface area contributed by atoms with E-state index in [1.807, 2.05) is 12.2 Å². The highest BCUT2D eigenvalue weighted by molar-refractivity contribution is 6.08. The number of carbonyl (C=O) groups excluding carboxylic acids is 3. The maximum absolute atomic E-state index is 12.4. The van der Waals surface area contributed by atoms with Crippen LogP contribution in [-0.2, 0) is 9.59 Å². The van der Waals surface area contributed by atoms with Crippen molar-refractivity contribution in [1.29, 1.82) is 0 Å². The second kappa shape index (κ2) is 4.25. The lowest BCUT2D eigenvalue weighted by atomic mass is 9.85. The largest absolute Gasteiger partial charge is 0.272 e. The third-order valence-corrected chi connectivity index (χ3v) is 4.61. The van der Waals surface area contributed by atoms with E-state index in [4.69, 9.17) is 0 Å². The topological polar surface area (TPSA) is 79.4 Å². The first kappa shape index (κ1) is 12.3. The number of allylic oxidation sites excluding steroid dienone is 2. The standard InChI is InChI=1S/C15H13N3O3/c19-13(10-2-1-5-16-7-10)17-18-14(20)11-8-3-4-9(6-8)12(11)15(18)21/h1-5,7-9,11-12H,6H2,(H,17,19)/t8-,9+,11-,12-/m1/s1. The molecule has 1 N–H and O–H groups in total. The fourth-order valence-corrected chi connectivity index (χ4v) is 3.68. The highest BCUT2D eigenvalue weighted by Gasteiger charge is 2.59. The molecule has 1 aliphatic heterocycles. The van der Waals surface area contributed by atoms with Crippen LogP contribution in [0.15, 0.2) is 36.7 Å². The number of hydrogen-bond donors (Lipinski definition) is 1. The first-order valence-corrected chi connectivity index (χ1v) is 6.94. The monoisotopic (exact) mass is 283 g/mol. The van der Waals surface area contributed by atoms with Crippen molar-refractivity contribution in [3.8, 4) is 0 Å². The van der Waals surface area contributed by atoms with Gasteiger partial charge in [-0.2, -0.15) is 5.01 Å². The molecule has 0 unspecified atom stereocenters. The molecule has 6 heteroatoms. The van der Waals surface area contributed by atoms with Gasteiger partial charge in [-0.1, -0.05) is 12.2 Å². The Kier molecular flexibility index (Phi) is 2.48. The fraction of sp³-hybridized carbons (Fsp3) is 0.333. The van der Waals surface area contributed by atoms with E-state index < -0.39 is 5.91 Å². The highest BCUT2D eigenvalue weighted by atomic mass is 16.2. The Bertz CT molecular complexity index is 640. The summed E-state index contributed by atoms with van der Waals surface area (Å²) in [5.74, 6) is -1.42. The first-order chi connectivity index (χ1) is 10.2. The molecule has 2 heterocycles. The maximum Gasteiger partial charge on any atom is 0.271 e. The third-order valence-electron chi connectivity index (χ3n) is 4.61. The van der Waals surface area contributed by atoms with Crippen molar-refractivity contribution in [3.63, 3.8) is 0 Å². The van der Waals surface area contributed by atoms with Gasteiger partial charge in [-0.25, -0.2) is 0 Å². The van der Waals surface area contributed by atoms with Crippen LogP contribution in [0.4, 0.5) is 0 Å². The van der Waals surface area contributed by atoms with Gasteiger partial charge in [0.25, 0.3) is 17.7 Å².